The molecule has 3 rings (SSSR count). The van der Waals surface area contributed by atoms with E-state index in [2.05, 4.69) is 31.3 Å². The minimum atomic E-state index is -0.554. The minimum Gasteiger partial charge on any atom is -0.324 e. The molecular weight excluding hydrogens is 380 g/mol. The Morgan fingerprint density at radius 1 is 1.26 bits per heavy atom. The van der Waals surface area contributed by atoms with Crippen LogP contribution in [0.4, 0.5) is 5.69 Å². The van der Waals surface area contributed by atoms with Crippen molar-refractivity contribution in [2.75, 3.05) is 5.32 Å². The maximum atomic E-state index is 12.0. The first-order chi connectivity index (χ1) is 11.1. The minimum absolute atomic E-state index is 0.188. The van der Waals surface area contributed by atoms with Crippen LogP contribution in [0.25, 0.3) is 10.6 Å². The number of halogens is 1. The van der Waals surface area contributed by atoms with Gasteiger partial charge in [-0.15, -0.1) is 11.3 Å². The normalized spacial score (nSPS) is 10.5. The molecule has 2 aromatic heterocycles. The molecule has 6 nitrogen and oxygen atoms in total. The summed E-state index contributed by atoms with van der Waals surface area (Å²) in [6.07, 6.45) is 1.49. The van der Waals surface area contributed by atoms with Crippen LogP contribution < -0.4 is 11.0 Å². The number of amides is 1. The van der Waals surface area contributed by atoms with Gasteiger partial charge in [0.05, 0.1) is 11.1 Å². The fraction of sp³-hybridized carbons (Fsp3) is 0.0667. The van der Waals surface area contributed by atoms with Gasteiger partial charge in [-0.2, -0.15) is 10.1 Å². The van der Waals surface area contributed by atoms with E-state index in [4.69, 9.17) is 0 Å². The van der Waals surface area contributed by atoms with Gasteiger partial charge in [0.25, 0.3) is 0 Å². The molecule has 0 saturated carbocycles. The molecule has 8 heteroatoms. The van der Waals surface area contributed by atoms with Crippen LogP contribution in [-0.4, -0.2) is 20.7 Å². The highest BCUT2D eigenvalue weighted by molar-refractivity contribution is 9.10. The molecule has 0 spiro atoms. The first kappa shape index (κ1) is 15.6. The van der Waals surface area contributed by atoms with E-state index in [1.54, 1.807) is 12.1 Å². The summed E-state index contributed by atoms with van der Waals surface area (Å²) in [4.78, 5) is 28.8. The summed E-state index contributed by atoms with van der Waals surface area (Å²) in [5.74, 6) is -0.340. The van der Waals surface area contributed by atoms with Crippen molar-refractivity contribution in [3.63, 3.8) is 0 Å². The lowest BCUT2D eigenvalue weighted by Crippen LogP contribution is -2.31. The predicted octanol–water partition coefficient (Wildman–Crippen LogP) is 2.77. The Bertz CT molecular complexity index is 875. The Hall–Kier alpha value is -2.32. The van der Waals surface area contributed by atoms with Crippen LogP contribution in [0.3, 0.4) is 0 Å². The summed E-state index contributed by atoms with van der Waals surface area (Å²) in [5.41, 5.74) is 0.603. The number of hydrogen-bond donors (Lipinski definition) is 1. The van der Waals surface area contributed by atoms with Crippen LogP contribution in [-0.2, 0) is 11.3 Å². The maximum absolute atomic E-state index is 12.0. The quantitative estimate of drug-likeness (QED) is 0.742. The first-order valence-electron chi connectivity index (χ1n) is 6.65. The molecule has 0 fully saturated rings. The van der Waals surface area contributed by atoms with Crippen molar-refractivity contribution >= 4 is 38.9 Å². The average Bonchev–Trinajstić information content (AvgIpc) is 3.06. The number of hydrogen-bond acceptors (Lipinski definition) is 5. The number of rotatable bonds is 4. The molecule has 0 aliphatic carbocycles. The summed E-state index contributed by atoms with van der Waals surface area (Å²) in [6.45, 7) is -0.188. The number of benzene rings is 1. The Kier molecular flexibility index (Phi) is 4.63. The number of carbonyl (C=O) groups excluding carboxylic acids is 1. The lowest BCUT2D eigenvalue weighted by molar-refractivity contribution is -0.117. The molecule has 0 aliphatic rings. The summed E-state index contributed by atoms with van der Waals surface area (Å²) in [7, 11) is 0. The molecule has 23 heavy (non-hydrogen) atoms. The van der Waals surface area contributed by atoms with E-state index in [0.29, 0.717) is 11.4 Å². The molecule has 0 bridgehead atoms. The van der Waals surface area contributed by atoms with Crippen LogP contribution in [0.2, 0.25) is 0 Å². The molecule has 0 atom stereocenters. The third-order valence-corrected chi connectivity index (χ3v) is 4.37. The molecule has 2 heterocycles. The zero-order valence-electron chi connectivity index (χ0n) is 11.8. The Balaban J connectivity index is 1.71. The summed E-state index contributed by atoms with van der Waals surface area (Å²) >= 11 is 4.80. The summed E-state index contributed by atoms with van der Waals surface area (Å²) in [6, 6.07) is 10.9. The van der Waals surface area contributed by atoms with Crippen molar-refractivity contribution in [1.82, 2.24) is 14.8 Å². The fourth-order valence-electron chi connectivity index (χ4n) is 1.88. The van der Waals surface area contributed by atoms with E-state index >= 15 is 0 Å². The van der Waals surface area contributed by atoms with Crippen molar-refractivity contribution in [3.05, 3.63) is 62.9 Å². The zero-order valence-corrected chi connectivity index (χ0v) is 14.2. The molecule has 116 valence electrons. The number of anilines is 1. The largest absolute Gasteiger partial charge is 0.365 e. The monoisotopic (exact) mass is 390 g/mol. The highest BCUT2D eigenvalue weighted by Gasteiger charge is 2.09. The second kappa shape index (κ2) is 6.84. The van der Waals surface area contributed by atoms with E-state index in [0.717, 1.165) is 14.0 Å². The smallest absolute Gasteiger partial charge is 0.324 e. The van der Waals surface area contributed by atoms with Gasteiger partial charge in [-0.3, -0.25) is 4.79 Å². The van der Waals surface area contributed by atoms with Crippen molar-refractivity contribution in [1.29, 1.82) is 0 Å². The maximum Gasteiger partial charge on any atom is 0.365 e. The molecule has 0 unspecified atom stereocenters. The third-order valence-electron chi connectivity index (χ3n) is 2.95. The van der Waals surface area contributed by atoms with Gasteiger partial charge in [0.2, 0.25) is 5.91 Å². The van der Waals surface area contributed by atoms with Crippen molar-refractivity contribution in [2.45, 2.75) is 6.54 Å². The second-order valence-corrected chi connectivity index (χ2v) is 6.48. The number of aromatic nitrogens is 3. The van der Waals surface area contributed by atoms with Gasteiger partial charge >= 0.3 is 5.69 Å². The van der Waals surface area contributed by atoms with Crippen LogP contribution in [0.15, 0.2) is 57.2 Å². The summed E-state index contributed by atoms with van der Waals surface area (Å²) in [5, 5.41) is 8.61. The highest BCUT2D eigenvalue weighted by atomic mass is 79.9. The van der Waals surface area contributed by atoms with Gasteiger partial charge in [-0.05, 0) is 35.7 Å². The van der Waals surface area contributed by atoms with E-state index < -0.39 is 5.69 Å². The van der Waals surface area contributed by atoms with Crippen molar-refractivity contribution < 1.29 is 4.79 Å². The van der Waals surface area contributed by atoms with Gasteiger partial charge in [0, 0.05) is 10.2 Å². The van der Waals surface area contributed by atoms with Gasteiger partial charge in [-0.1, -0.05) is 22.0 Å². The van der Waals surface area contributed by atoms with E-state index in [1.165, 1.54) is 17.5 Å². The Morgan fingerprint density at radius 3 is 2.70 bits per heavy atom. The molecule has 1 N–H and O–H groups in total. The van der Waals surface area contributed by atoms with Crippen molar-refractivity contribution in [3.8, 4) is 10.6 Å². The molecular formula is C15H11BrN4O2S. The number of nitrogens with zero attached hydrogens (tertiary/aromatic N) is 3. The number of thiophene rings is 1. The van der Waals surface area contributed by atoms with Crippen LogP contribution in [0.1, 0.15) is 0 Å². The summed E-state index contributed by atoms with van der Waals surface area (Å²) < 4.78 is 1.95. The lowest BCUT2D eigenvalue weighted by atomic mass is 10.3. The highest BCUT2D eigenvalue weighted by Crippen LogP contribution is 2.20. The van der Waals surface area contributed by atoms with Crippen molar-refractivity contribution in [2.24, 2.45) is 0 Å². The van der Waals surface area contributed by atoms with Gasteiger partial charge in [-0.25, -0.2) is 9.48 Å². The number of carbonyl (C=O) groups is 1. The van der Waals surface area contributed by atoms with E-state index in [-0.39, 0.29) is 12.5 Å². The Morgan fingerprint density at radius 2 is 2.04 bits per heavy atom. The average molecular weight is 391 g/mol. The van der Waals surface area contributed by atoms with Gasteiger partial charge < -0.3 is 5.32 Å². The SMILES string of the molecule is O=C(Cn1ncc(-c2cccs2)nc1=O)Nc1ccc(Br)cc1. The van der Waals surface area contributed by atoms with E-state index in [9.17, 15) is 9.59 Å². The number of nitrogens with one attached hydrogen (secondary N) is 1. The Labute approximate surface area is 143 Å². The third kappa shape index (κ3) is 3.91. The lowest BCUT2D eigenvalue weighted by Gasteiger charge is -2.06. The van der Waals surface area contributed by atoms with Crippen LogP contribution in [0.5, 0.6) is 0 Å². The topological polar surface area (TPSA) is 76.9 Å². The molecule has 0 aliphatic heterocycles. The molecule has 1 aromatic carbocycles. The fourth-order valence-corrected chi connectivity index (χ4v) is 2.83. The molecule has 0 radical (unpaired) electrons. The standard InChI is InChI=1S/C15H11BrN4O2S/c16-10-3-5-11(6-4-10)18-14(21)9-20-15(22)19-12(8-17-20)13-2-1-7-23-13/h1-8H,9H2,(H,18,21). The molecule has 0 saturated heterocycles. The predicted molar refractivity (Wildman–Crippen MR) is 92.4 cm³/mol. The van der Waals surface area contributed by atoms with Crippen LogP contribution in [0, 0.1) is 0 Å². The molecule has 1 amide bonds. The van der Waals surface area contributed by atoms with Gasteiger partial charge in [0.15, 0.2) is 0 Å². The second-order valence-electron chi connectivity index (χ2n) is 4.61. The zero-order chi connectivity index (χ0) is 16.2. The van der Waals surface area contributed by atoms with Gasteiger partial charge in [0.1, 0.15) is 12.2 Å². The first-order valence-corrected chi connectivity index (χ1v) is 8.32. The van der Waals surface area contributed by atoms with Crippen LogP contribution >= 0.6 is 27.3 Å². The van der Waals surface area contributed by atoms with E-state index in [1.807, 2.05) is 29.6 Å². The molecule has 3 aromatic rings.